The first-order chi connectivity index (χ1) is 17.0. The first kappa shape index (κ1) is 21.0. The number of fused-ring (bicyclic) bond motifs is 6. The lowest BCUT2D eigenvalue weighted by molar-refractivity contribution is 0.0687. The van der Waals surface area contributed by atoms with Gasteiger partial charge < -0.3 is 20.0 Å². The summed E-state index contributed by atoms with van der Waals surface area (Å²) in [6, 6.07) is 26.5. The molecule has 0 atom stereocenters. The molecule has 2 N–H and O–H groups in total. The smallest absolute Gasteiger partial charge is 0.336 e. The van der Waals surface area contributed by atoms with E-state index in [1.807, 2.05) is 36.4 Å². The van der Waals surface area contributed by atoms with E-state index in [2.05, 4.69) is 34.1 Å². The molecule has 0 fully saturated rings. The van der Waals surface area contributed by atoms with Crippen molar-refractivity contribution in [2.24, 2.45) is 0 Å². The molecule has 0 saturated heterocycles. The Morgan fingerprint density at radius 2 is 1.03 bits per heavy atom. The van der Waals surface area contributed by atoms with Gasteiger partial charge in [0.05, 0.1) is 17.8 Å². The first-order valence-electron chi connectivity index (χ1n) is 11.4. The number of rotatable bonds is 4. The highest BCUT2D eigenvalue weighted by Gasteiger charge is 2.30. The van der Waals surface area contributed by atoms with E-state index < -0.39 is 11.9 Å². The molecule has 2 aliphatic heterocycles. The molecule has 4 aromatic rings. The summed E-state index contributed by atoms with van der Waals surface area (Å²) in [6.45, 7) is 2.20. The summed E-state index contributed by atoms with van der Waals surface area (Å²) in [5, 5.41) is 19.2. The van der Waals surface area contributed by atoms with Gasteiger partial charge in [-0.15, -0.1) is 0 Å². The van der Waals surface area contributed by atoms with Crippen LogP contribution in [0.5, 0.6) is 0 Å². The highest BCUT2D eigenvalue weighted by atomic mass is 16.4. The predicted molar refractivity (Wildman–Crippen MR) is 135 cm³/mol. The van der Waals surface area contributed by atoms with Crippen LogP contribution in [0.25, 0.3) is 22.3 Å². The predicted octanol–water partition coefficient (Wildman–Crippen LogP) is 5.71. The van der Waals surface area contributed by atoms with Gasteiger partial charge in [0.1, 0.15) is 0 Å². The van der Waals surface area contributed by atoms with Crippen molar-refractivity contribution in [3.8, 4) is 22.3 Å². The van der Waals surface area contributed by atoms with E-state index >= 15 is 0 Å². The Morgan fingerprint density at radius 3 is 1.46 bits per heavy atom. The zero-order valence-corrected chi connectivity index (χ0v) is 18.8. The molecule has 0 radical (unpaired) electrons. The second-order valence-electron chi connectivity index (χ2n) is 8.93. The van der Waals surface area contributed by atoms with Gasteiger partial charge in [0.25, 0.3) is 0 Å². The SMILES string of the molecule is O=C(O)c1ccccc1-c1ccc2c(c1)CN1CN2Cc2cc(-c3ccccc3C(=O)O)ccc21. The Balaban J connectivity index is 1.37. The summed E-state index contributed by atoms with van der Waals surface area (Å²) in [7, 11) is 0. The highest BCUT2D eigenvalue weighted by molar-refractivity contribution is 5.97. The van der Waals surface area contributed by atoms with Gasteiger partial charge in [0.2, 0.25) is 0 Å². The number of hydrogen-bond acceptors (Lipinski definition) is 4. The summed E-state index contributed by atoms with van der Waals surface area (Å²) < 4.78 is 0. The molecule has 35 heavy (non-hydrogen) atoms. The zero-order valence-electron chi connectivity index (χ0n) is 18.8. The van der Waals surface area contributed by atoms with Crippen LogP contribution in [-0.2, 0) is 13.1 Å². The Morgan fingerprint density at radius 1 is 0.600 bits per heavy atom. The molecule has 2 aliphatic rings. The van der Waals surface area contributed by atoms with Crippen LogP contribution >= 0.6 is 0 Å². The number of carbonyl (C=O) groups is 2. The van der Waals surface area contributed by atoms with E-state index in [-0.39, 0.29) is 0 Å². The van der Waals surface area contributed by atoms with Crippen molar-refractivity contribution >= 4 is 23.3 Å². The lowest BCUT2D eigenvalue weighted by Crippen LogP contribution is -2.46. The van der Waals surface area contributed by atoms with Crippen molar-refractivity contribution in [3.63, 3.8) is 0 Å². The minimum Gasteiger partial charge on any atom is -0.478 e. The minimum atomic E-state index is -0.933. The molecule has 6 nitrogen and oxygen atoms in total. The minimum absolute atomic E-state index is 0.295. The van der Waals surface area contributed by atoms with Crippen molar-refractivity contribution < 1.29 is 19.8 Å². The number of hydrogen-bond donors (Lipinski definition) is 2. The third-order valence-electron chi connectivity index (χ3n) is 6.84. The maximum atomic E-state index is 11.7. The number of carboxylic acids is 2. The van der Waals surface area contributed by atoms with Crippen LogP contribution in [0, 0.1) is 0 Å². The van der Waals surface area contributed by atoms with Crippen LogP contribution in [0.15, 0.2) is 84.9 Å². The summed E-state index contributed by atoms with van der Waals surface area (Å²) in [5.41, 5.74) is 8.39. The summed E-state index contributed by atoms with van der Waals surface area (Å²) in [6.07, 6.45) is 0. The van der Waals surface area contributed by atoms with Crippen LogP contribution in [0.4, 0.5) is 11.4 Å². The Bertz CT molecular complexity index is 1400. The van der Waals surface area contributed by atoms with Crippen molar-refractivity contribution in [1.29, 1.82) is 0 Å². The van der Waals surface area contributed by atoms with Gasteiger partial charge in [-0.25, -0.2) is 9.59 Å². The molecule has 0 unspecified atom stereocenters. The van der Waals surface area contributed by atoms with E-state index in [0.29, 0.717) is 35.3 Å². The number of anilines is 2. The van der Waals surface area contributed by atoms with Gasteiger partial charge in [-0.05, 0) is 69.8 Å². The largest absolute Gasteiger partial charge is 0.478 e. The Hall–Kier alpha value is -4.58. The summed E-state index contributed by atoms with van der Waals surface area (Å²) in [5.74, 6) is -1.87. The lowest BCUT2D eigenvalue weighted by atomic mass is 9.93. The van der Waals surface area contributed by atoms with Crippen molar-refractivity contribution in [3.05, 3.63) is 107 Å². The first-order valence-corrected chi connectivity index (χ1v) is 11.4. The van der Waals surface area contributed by atoms with E-state index in [9.17, 15) is 19.8 Å². The van der Waals surface area contributed by atoms with Gasteiger partial charge in [0, 0.05) is 24.5 Å². The van der Waals surface area contributed by atoms with Crippen molar-refractivity contribution in [2.45, 2.75) is 13.1 Å². The molecular formula is C29H22N2O4. The second-order valence-corrected chi connectivity index (χ2v) is 8.93. The van der Waals surface area contributed by atoms with Crippen LogP contribution in [0.3, 0.4) is 0 Å². The fraction of sp³-hybridized carbons (Fsp3) is 0.103. The van der Waals surface area contributed by atoms with Crippen LogP contribution in [0.1, 0.15) is 31.8 Å². The van der Waals surface area contributed by atoms with E-state index in [4.69, 9.17) is 0 Å². The maximum absolute atomic E-state index is 11.7. The molecule has 0 saturated carbocycles. The van der Waals surface area contributed by atoms with E-state index in [1.54, 1.807) is 24.3 Å². The normalized spacial score (nSPS) is 13.7. The van der Waals surface area contributed by atoms with E-state index in [1.165, 1.54) is 0 Å². The average Bonchev–Trinajstić information content (AvgIpc) is 2.88. The molecule has 6 heteroatoms. The lowest BCUT2D eigenvalue weighted by Gasteiger charge is -2.45. The number of carboxylic acid groups (broad SMARTS) is 2. The van der Waals surface area contributed by atoms with Crippen molar-refractivity contribution in [2.75, 3.05) is 16.5 Å². The molecule has 4 aromatic carbocycles. The molecular weight excluding hydrogens is 440 g/mol. The third kappa shape index (κ3) is 3.51. The third-order valence-corrected chi connectivity index (χ3v) is 6.84. The molecule has 0 amide bonds. The Labute approximate surface area is 202 Å². The zero-order chi connectivity index (χ0) is 24.1. The van der Waals surface area contributed by atoms with Gasteiger partial charge >= 0.3 is 11.9 Å². The monoisotopic (exact) mass is 462 g/mol. The van der Waals surface area contributed by atoms with Gasteiger partial charge in [-0.3, -0.25) is 0 Å². The second kappa shape index (κ2) is 8.02. The van der Waals surface area contributed by atoms with Crippen LogP contribution in [0.2, 0.25) is 0 Å². The summed E-state index contributed by atoms with van der Waals surface area (Å²) in [4.78, 5) is 28.1. The van der Waals surface area contributed by atoms with E-state index in [0.717, 1.165) is 40.3 Å². The number of nitrogens with zero attached hydrogens (tertiary/aromatic N) is 2. The highest BCUT2D eigenvalue weighted by Crippen LogP contribution is 2.41. The topological polar surface area (TPSA) is 81.1 Å². The number of aromatic carboxylic acids is 2. The van der Waals surface area contributed by atoms with Crippen LogP contribution < -0.4 is 9.80 Å². The Kier molecular flexibility index (Phi) is 4.81. The molecule has 2 bridgehead atoms. The molecule has 172 valence electrons. The summed E-state index contributed by atoms with van der Waals surface area (Å²) >= 11 is 0. The fourth-order valence-electron chi connectivity index (χ4n) is 5.26. The fourth-order valence-corrected chi connectivity index (χ4v) is 5.26. The maximum Gasteiger partial charge on any atom is 0.336 e. The molecule has 0 spiro atoms. The molecule has 6 rings (SSSR count). The van der Waals surface area contributed by atoms with Crippen LogP contribution in [-0.4, -0.2) is 28.8 Å². The molecule has 0 aromatic heterocycles. The van der Waals surface area contributed by atoms with Gasteiger partial charge in [-0.1, -0.05) is 48.5 Å². The van der Waals surface area contributed by atoms with Gasteiger partial charge in [-0.2, -0.15) is 0 Å². The number of benzene rings is 4. The molecule has 0 aliphatic carbocycles. The average molecular weight is 463 g/mol. The quantitative estimate of drug-likeness (QED) is 0.404. The standard InChI is InChI=1S/C29H22N2O4/c32-28(33)24-7-3-1-5-22(24)18-9-11-26-20(13-18)15-30-17-31(26)16-21-14-19(10-12-27(21)30)23-6-2-4-8-25(23)29(34)35/h1-14H,15-17H2,(H,32,33)(H,34,35). The van der Waals surface area contributed by atoms with Crippen molar-refractivity contribution in [1.82, 2.24) is 0 Å². The van der Waals surface area contributed by atoms with Gasteiger partial charge in [0.15, 0.2) is 0 Å². The molecule has 2 heterocycles.